The highest BCUT2D eigenvalue weighted by Crippen LogP contribution is 2.17. The van der Waals surface area contributed by atoms with Crippen LogP contribution in [0.2, 0.25) is 0 Å². The Morgan fingerprint density at radius 3 is 1.90 bits per heavy atom. The van der Waals surface area contributed by atoms with E-state index in [-0.39, 0.29) is 23.3 Å². The Hall–Kier alpha value is -2.46. The maximum atomic E-state index is 12.8. The maximum absolute atomic E-state index is 12.8. The topological polar surface area (TPSA) is 125 Å². The first-order valence-electron chi connectivity index (χ1n) is 9.69. The smallest absolute Gasteiger partial charge is 0.337 e. The molecule has 0 saturated carbocycles. The van der Waals surface area contributed by atoms with Crippen LogP contribution in [0.15, 0.2) is 29.2 Å². The quantitative estimate of drug-likeness (QED) is 0.466. The molecule has 0 aliphatic rings. The number of nitrogens with one attached hydrogen (secondary N) is 1. The molecule has 10 heteroatoms. The van der Waals surface area contributed by atoms with Crippen LogP contribution in [-0.2, 0) is 33.8 Å². The molecule has 0 aliphatic heterocycles. The standard InChI is InChI=1S/C21H31NO8S/c1-20(2,3)29-17(23)13-12-16(19(25)30-21(4,5)6)22-31(26,27)15-10-8-14(9-11-15)18(24)28-7/h8-11,16,22H,12-13H2,1-7H3/t16-/m0/s1. The highest BCUT2D eigenvalue weighted by Gasteiger charge is 2.31. The molecule has 0 spiro atoms. The number of esters is 3. The SMILES string of the molecule is COC(=O)c1ccc(S(=O)(=O)N[C@@H](CCC(=O)OC(C)(C)C)C(=O)OC(C)(C)C)cc1. The number of sulfonamides is 1. The lowest BCUT2D eigenvalue weighted by Gasteiger charge is -2.25. The van der Waals surface area contributed by atoms with Gasteiger partial charge < -0.3 is 14.2 Å². The largest absolute Gasteiger partial charge is 0.465 e. The van der Waals surface area contributed by atoms with Crippen molar-refractivity contribution in [2.75, 3.05) is 7.11 Å². The molecule has 1 aromatic carbocycles. The van der Waals surface area contributed by atoms with E-state index in [9.17, 15) is 22.8 Å². The summed E-state index contributed by atoms with van der Waals surface area (Å²) in [7, 11) is -2.93. The van der Waals surface area contributed by atoms with Gasteiger partial charge in [0.1, 0.15) is 17.2 Å². The third-order valence-electron chi connectivity index (χ3n) is 3.63. The molecule has 174 valence electrons. The third-order valence-corrected chi connectivity index (χ3v) is 5.12. The number of hydrogen-bond acceptors (Lipinski definition) is 8. The van der Waals surface area contributed by atoms with Gasteiger partial charge >= 0.3 is 17.9 Å². The highest BCUT2D eigenvalue weighted by atomic mass is 32.2. The van der Waals surface area contributed by atoms with E-state index in [1.807, 2.05) is 0 Å². The summed E-state index contributed by atoms with van der Waals surface area (Å²) in [6.07, 6.45) is -0.339. The number of hydrogen-bond donors (Lipinski definition) is 1. The van der Waals surface area contributed by atoms with Crippen LogP contribution in [0.25, 0.3) is 0 Å². The van der Waals surface area contributed by atoms with Crippen molar-refractivity contribution < 1.29 is 37.0 Å². The van der Waals surface area contributed by atoms with Gasteiger partial charge in [0, 0.05) is 6.42 Å². The second-order valence-corrected chi connectivity index (χ2v) is 10.6. The van der Waals surface area contributed by atoms with Crippen molar-refractivity contribution >= 4 is 27.9 Å². The van der Waals surface area contributed by atoms with Gasteiger partial charge in [-0.25, -0.2) is 13.2 Å². The zero-order valence-corrected chi connectivity index (χ0v) is 19.8. The van der Waals surface area contributed by atoms with E-state index in [4.69, 9.17) is 9.47 Å². The van der Waals surface area contributed by atoms with Gasteiger partial charge in [0.15, 0.2) is 0 Å². The molecule has 0 unspecified atom stereocenters. The molecular formula is C21H31NO8S. The predicted octanol–water partition coefficient (Wildman–Crippen LogP) is 2.58. The number of benzene rings is 1. The van der Waals surface area contributed by atoms with Crippen LogP contribution in [-0.4, -0.2) is 50.7 Å². The summed E-state index contributed by atoms with van der Waals surface area (Å²) in [6.45, 7) is 10.1. The van der Waals surface area contributed by atoms with Crippen LogP contribution in [0.4, 0.5) is 0 Å². The molecule has 0 amide bonds. The zero-order valence-electron chi connectivity index (χ0n) is 19.0. The van der Waals surface area contributed by atoms with Crippen molar-refractivity contribution in [3.05, 3.63) is 29.8 Å². The molecule has 0 fully saturated rings. The van der Waals surface area contributed by atoms with Gasteiger partial charge in [-0.05, 0) is 72.2 Å². The number of methoxy groups -OCH3 is 1. The van der Waals surface area contributed by atoms with E-state index in [2.05, 4.69) is 9.46 Å². The van der Waals surface area contributed by atoms with Crippen LogP contribution in [0.5, 0.6) is 0 Å². The lowest BCUT2D eigenvalue weighted by Crippen LogP contribution is -2.44. The molecule has 1 aromatic rings. The van der Waals surface area contributed by atoms with Crippen LogP contribution < -0.4 is 4.72 Å². The predicted molar refractivity (Wildman–Crippen MR) is 113 cm³/mol. The molecular weight excluding hydrogens is 426 g/mol. The Labute approximate surface area is 183 Å². The number of carbonyl (C=O) groups is 3. The molecule has 0 radical (unpaired) electrons. The second-order valence-electron chi connectivity index (χ2n) is 8.85. The van der Waals surface area contributed by atoms with E-state index >= 15 is 0 Å². The highest BCUT2D eigenvalue weighted by molar-refractivity contribution is 7.89. The normalized spacial score (nSPS) is 13.3. The van der Waals surface area contributed by atoms with Gasteiger partial charge in [0.25, 0.3) is 0 Å². The summed E-state index contributed by atoms with van der Waals surface area (Å²) in [6, 6.07) is 3.72. The van der Waals surface area contributed by atoms with E-state index in [0.717, 1.165) is 0 Å². The zero-order chi connectivity index (χ0) is 24.0. The van der Waals surface area contributed by atoms with Crippen molar-refractivity contribution in [2.45, 2.75) is 76.5 Å². The summed E-state index contributed by atoms with van der Waals surface area (Å²) < 4.78 is 43.0. The molecule has 9 nitrogen and oxygen atoms in total. The molecule has 0 bridgehead atoms. The van der Waals surface area contributed by atoms with Gasteiger partial charge in [-0.3, -0.25) is 9.59 Å². The lowest BCUT2D eigenvalue weighted by atomic mass is 10.1. The summed E-state index contributed by atoms with van der Waals surface area (Å²) in [5, 5.41) is 0. The van der Waals surface area contributed by atoms with Gasteiger partial charge in [0.2, 0.25) is 10.0 Å². The number of ether oxygens (including phenoxy) is 3. The van der Waals surface area contributed by atoms with Crippen LogP contribution in [0, 0.1) is 0 Å². The van der Waals surface area contributed by atoms with Crippen LogP contribution in [0.1, 0.15) is 64.7 Å². The van der Waals surface area contributed by atoms with Gasteiger partial charge in [0.05, 0.1) is 17.6 Å². The van der Waals surface area contributed by atoms with Gasteiger partial charge in [-0.1, -0.05) is 0 Å². The minimum Gasteiger partial charge on any atom is -0.465 e. The maximum Gasteiger partial charge on any atom is 0.337 e. The average Bonchev–Trinajstić information content (AvgIpc) is 2.61. The first kappa shape index (κ1) is 26.6. The van der Waals surface area contributed by atoms with E-state index < -0.39 is 45.2 Å². The summed E-state index contributed by atoms with van der Waals surface area (Å²) >= 11 is 0. The number of carbonyl (C=O) groups excluding carboxylic acids is 3. The first-order chi connectivity index (χ1) is 14.0. The summed E-state index contributed by atoms with van der Waals surface area (Å²) in [5.74, 6) is -1.99. The van der Waals surface area contributed by atoms with E-state index in [1.165, 1.54) is 31.4 Å². The van der Waals surface area contributed by atoms with Crippen molar-refractivity contribution in [1.29, 1.82) is 0 Å². The molecule has 1 atom stereocenters. The fraction of sp³-hybridized carbons (Fsp3) is 0.571. The van der Waals surface area contributed by atoms with E-state index in [1.54, 1.807) is 41.5 Å². The van der Waals surface area contributed by atoms with Gasteiger partial charge in [-0.2, -0.15) is 4.72 Å². The fourth-order valence-corrected chi connectivity index (χ4v) is 3.61. The molecule has 1 N–H and O–H groups in total. The Morgan fingerprint density at radius 2 is 1.45 bits per heavy atom. The van der Waals surface area contributed by atoms with Gasteiger partial charge in [-0.15, -0.1) is 0 Å². The molecule has 0 aromatic heterocycles. The molecule has 0 aliphatic carbocycles. The summed E-state index contributed by atoms with van der Waals surface area (Å²) in [5.41, 5.74) is -1.39. The van der Waals surface area contributed by atoms with E-state index in [0.29, 0.717) is 0 Å². The fourth-order valence-electron chi connectivity index (χ4n) is 2.40. The monoisotopic (exact) mass is 457 g/mol. The Bertz CT molecular complexity index is 893. The Balaban J connectivity index is 3.05. The number of rotatable bonds is 8. The minimum absolute atomic E-state index is 0.150. The average molecular weight is 458 g/mol. The second kappa shape index (κ2) is 10.2. The molecule has 31 heavy (non-hydrogen) atoms. The first-order valence-corrected chi connectivity index (χ1v) is 11.2. The molecule has 0 heterocycles. The minimum atomic E-state index is -4.15. The third kappa shape index (κ3) is 9.48. The van der Waals surface area contributed by atoms with Crippen LogP contribution in [0.3, 0.4) is 0 Å². The molecule has 1 rings (SSSR count). The van der Waals surface area contributed by atoms with Crippen molar-refractivity contribution in [2.24, 2.45) is 0 Å². The molecule has 0 saturated heterocycles. The Morgan fingerprint density at radius 1 is 0.935 bits per heavy atom. The Kier molecular flexibility index (Phi) is 8.77. The van der Waals surface area contributed by atoms with Crippen molar-refractivity contribution in [3.8, 4) is 0 Å². The van der Waals surface area contributed by atoms with Crippen molar-refractivity contribution in [3.63, 3.8) is 0 Å². The lowest BCUT2D eigenvalue weighted by molar-refractivity contribution is -0.158. The summed E-state index contributed by atoms with van der Waals surface area (Å²) in [4.78, 5) is 36.0. The van der Waals surface area contributed by atoms with Crippen molar-refractivity contribution in [1.82, 2.24) is 4.72 Å². The van der Waals surface area contributed by atoms with Crippen LogP contribution >= 0.6 is 0 Å².